The molecule has 28 heavy (non-hydrogen) atoms. The second kappa shape index (κ2) is 10.4. The fourth-order valence-corrected chi connectivity index (χ4v) is 3.53. The van der Waals surface area contributed by atoms with Crippen LogP contribution in [-0.2, 0) is 23.7 Å². The van der Waals surface area contributed by atoms with Crippen molar-refractivity contribution in [1.82, 2.24) is 0 Å². The molecule has 0 bridgehead atoms. The second-order valence-electron chi connectivity index (χ2n) is 7.32. The Labute approximate surface area is 176 Å². The van der Waals surface area contributed by atoms with Crippen LogP contribution in [0.4, 0.5) is 0 Å². The van der Waals surface area contributed by atoms with Crippen LogP contribution in [0.1, 0.15) is 20.8 Å². The Balaban J connectivity index is 2.24. The lowest BCUT2D eigenvalue weighted by atomic mass is 9.90. The molecule has 2 rings (SSSR count). The third kappa shape index (κ3) is 5.20. The summed E-state index contributed by atoms with van der Waals surface area (Å²) < 4.78 is 22.5. The molecule has 0 spiro atoms. The van der Waals surface area contributed by atoms with Gasteiger partial charge in [0.1, 0.15) is 30.5 Å². The highest BCUT2D eigenvalue weighted by atomic mass is 127. The molecule has 2 aliphatic rings. The van der Waals surface area contributed by atoms with E-state index in [2.05, 4.69) is 0 Å². The largest absolute Gasteiger partial charge is 0.394 e. The number of carbonyl (C=O) groups excluding carboxylic acids is 1. The van der Waals surface area contributed by atoms with Crippen LogP contribution >= 0.6 is 22.6 Å². The van der Waals surface area contributed by atoms with E-state index in [1.165, 1.54) is 0 Å². The van der Waals surface area contributed by atoms with Crippen molar-refractivity contribution < 1.29 is 49.3 Å². The number of carbonyl (C=O) groups is 1. The van der Waals surface area contributed by atoms with Gasteiger partial charge in [0.25, 0.3) is 0 Å². The first kappa shape index (κ1) is 24.3. The van der Waals surface area contributed by atoms with Crippen molar-refractivity contribution in [2.75, 3.05) is 13.2 Å². The molecular formula is C17H29IO10. The molecule has 10 nitrogen and oxygen atoms in total. The summed E-state index contributed by atoms with van der Waals surface area (Å²) in [7, 11) is 0. The van der Waals surface area contributed by atoms with Gasteiger partial charge >= 0.3 is 0 Å². The van der Waals surface area contributed by atoms with Gasteiger partial charge in [-0.05, 0) is 6.92 Å². The summed E-state index contributed by atoms with van der Waals surface area (Å²) >= 11 is 1.61. The Hall–Kier alpha value is 0.0400. The predicted octanol–water partition coefficient (Wildman–Crippen LogP) is -1.47. The maximum atomic E-state index is 11.6. The summed E-state index contributed by atoms with van der Waals surface area (Å²) in [6.07, 6.45) is -9.32. The zero-order chi connectivity index (χ0) is 21.2. The van der Waals surface area contributed by atoms with E-state index >= 15 is 0 Å². The zero-order valence-electron chi connectivity index (χ0n) is 15.9. The SMILES string of the molecule is CC1C(O)[C@H](O)C(CO)O[C@H]1O[C@@H]1C(CO)O[C@H](O)C(C)C1O[C@H](C)C(=O)I. The molecule has 164 valence electrons. The fourth-order valence-electron chi connectivity index (χ4n) is 3.39. The van der Waals surface area contributed by atoms with Crippen molar-refractivity contribution in [2.24, 2.45) is 11.8 Å². The molecule has 11 atom stereocenters. The van der Waals surface area contributed by atoms with Gasteiger partial charge in [0, 0.05) is 34.4 Å². The van der Waals surface area contributed by atoms with Crippen LogP contribution in [0.15, 0.2) is 0 Å². The van der Waals surface area contributed by atoms with Crippen molar-refractivity contribution in [2.45, 2.75) is 76.1 Å². The van der Waals surface area contributed by atoms with Gasteiger partial charge in [-0.2, -0.15) is 0 Å². The summed E-state index contributed by atoms with van der Waals surface area (Å²) in [4.78, 5) is 11.6. The minimum Gasteiger partial charge on any atom is -0.394 e. The molecule has 2 saturated heterocycles. The lowest BCUT2D eigenvalue weighted by Gasteiger charge is -2.47. The van der Waals surface area contributed by atoms with Gasteiger partial charge in [0.05, 0.1) is 25.4 Å². The maximum Gasteiger partial charge on any atom is 0.220 e. The third-order valence-electron chi connectivity index (χ3n) is 5.31. The van der Waals surface area contributed by atoms with Crippen LogP contribution in [0, 0.1) is 11.8 Å². The summed E-state index contributed by atoms with van der Waals surface area (Å²) in [6, 6.07) is 0. The quantitative estimate of drug-likeness (QED) is 0.199. The second-order valence-corrected chi connectivity index (χ2v) is 8.38. The molecular weight excluding hydrogens is 491 g/mol. The van der Waals surface area contributed by atoms with Crippen LogP contribution in [0.3, 0.4) is 0 Å². The van der Waals surface area contributed by atoms with E-state index in [0.29, 0.717) is 0 Å². The van der Waals surface area contributed by atoms with Crippen molar-refractivity contribution in [1.29, 1.82) is 0 Å². The number of ether oxygens (including phenoxy) is 4. The van der Waals surface area contributed by atoms with Gasteiger partial charge in [-0.25, -0.2) is 0 Å². The summed E-state index contributed by atoms with van der Waals surface area (Å²) in [5.41, 5.74) is 0. The molecule has 6 unspecified atom stereocenters. The van der Waals surface area contributed by atoms with E-state index in [-0.39, 0.29) is 3.79 Å². The van der Waals surface area contributed by atoms with E-state index in [9.17, 15) is 30.3 Å². The number of rotatable bonds is 7. The first-order chi connectivity index (χ1) is 13.1. The molecule has 5 N–H and O–H groups in total. The number of aliphatic hydroxyl groups is 5. The van der Waals surface area contributed by atoms with Gasteiger partial charge in [0.2, 0.25) is 3.79 Å². The van der Waals surface area contributed by atoms with Crippen molar-refractivity contribution >= 4 is 26.4 Å². The average molecular weight is 520 g/mol. The van der Waals surface area contributed by atoms with E-state index < -0.39 is 80.4 Å². The molecule has 0 amide bonds. The van der Waals surface area contributed by atoms with Crippen LogP contribution in [0.2, 0.25) is 0 Å². The molecule has 2 aliphatic heterocycles. The van der Waals surface area contributed by atoms with Crippen molar-refractivity contribution in [3.8, 4) is 0 Å². The predicted molar refractivity (Wildman–Crippen MR) is 102 cm³/mol. The first-order valence-electron chi connectivity index (χ1n) is 9.19. The zero-order valence-corrected chi connectivity index (χ0v) is 18.1. The summed E-state index contributed by atoms with van der Waals surface area (Å²) in [5, 5.41) is 49.4. The molecule has 0 aliphatic carbocycles. The number of halogens is 1. The molecule has 2 heterocycles. The monoisotopic (exact) mass is 520 g/mol. The summed E-state index contributed by atoms with van der Waals surface area (Å²) in [5.74, 6) is -1.25. The van der Waals surface area contributed by atoms with Crippen LogP contribution in [-0.4, -0.2) is 97.8 Å². The molecule has 11 heteroatoms. The number of hydrogen-bond donors (Lipinski definition) is 5. The molecule has 0 radical (unpaired) electrons. The Kier molecular flexibility index (Phi) is 9.01. The average Bonchev–Trinajstić information content (AvgIpc) is 2.66. The van der Waals surface area contributed by atoms with Crippen LogP contribution < -0.4 is 0 Å². The Morgan fingerprint density at radius 3 is 2.14 bits per heavy atom. The van der Waals surface area contributed by atoms with Gasteiger partial charge in [0.15, 0.2) is 12.6 Å². The van der Waals surface area contributed by atoms with E-state index in [0.717, 1.165) is 0 Å². The number of aliphatic hydroxyl groups excluding tert-OH is 5. The maximum absolute atomic E-state index is 11.6. The van der Waals surface area contributed by atoms with Crippen molar-refractivity contribution in [3.05, 3.63) is 0 Å². The third-order valence-corrected chi connectivity index (χ3v) is 6.19. The molecule has 0 saturated carbocycles. The first-order valence-corrected chi connectivity index (χ1v) is 10.3. The topological polar surface area (TPSA) is 155 Å². The van der Waals surface area contributed by atoms with Crippen molar-refractivity contribution in [3.63, 3.8) is 0 Å². The Bertz CT molecular complexity index is 520. The molecule has 0 aromatic rings. The highest BCUT2D eigenvalue weighted by Gasteiger charge is 2.50. The smallest absolute Gasteiger partial charge is 0.220 e. The number of hydrogen-bond acceptors (Lipinski definition) is 10. The standard InChI is InChI=1S/C17H29IO10/c1-6-11(21)12(22)9(4-19)27-17(6)28-14-10(5-20)26-16(24)7(2)13(14)25-8(3)15(18)23/h6-14,16-17,19-22,24H,4-5H2,1-3H3/t6?,7?,8-,9?,10?,11?,12-,13?,14-,16+,17+/m1/s1. The normalized spacial score (nSPS) is 45.6. The van der Waals surface area contributed by atoms with E-state index in [1.54, 1.807) is 43.4 Å². The minimum absolute atomic E-state index is 0.244. The Morgan fingerprint density at radius 1 is 1.00 bits per heavy atom. The minimum atomic E-state index is -1.28. The van der Waals surface area contributed by atoms with Gasteiger partial charge in [-0.3, -0.25) is 4.79 Å². The molecule has 0 aromatic heterocycles. The molecule has 0 aromatic carbocycles. The lowest BCUT2D eigenvalue weighted by Crippen LogP contribution is -2.61. The van der Waals surface area contributed by atoms with E-state index in [1.807, 2.05) is 0 Å². The highest BCUT2D eigenvalue weighted by Crippen LogP contribution is 2.34. The summed E-state index contributed by atoms with van der Waals surface area (Å²) in [6.45, 7) is 3.82. The van der Waals surface area contributed by atoms with E-state index in [4.69, 9.17) is 18.9 Å². The van der Waals surface area contributed by atoms with Crippen LogP contribution in [0.5, 0.6) is 0 Å². The molecule has 2 fully saturated rings. The van der Waals surface area contributed by atoms with Gasteiger partial charge in [-0.15, -0.1) is 0 Å². The fraction of sp³-hybridized carbons (Fsp3) is 0.941. The lowest BCUT2D eigenvalue weighted by molar-refractivity contribution is -0.345. The Morgan fingerprint density at radius 2 is 1.61 bits per heavy atom. The van der Waals surface area contributed by atoms with Gasteiger partial charge in [-0.1, -0.05) is 13.8 Å². The van der Waals surface area contributed by atoms with Crippen LogP contribution in [0.25, 0.3) is 0 Å². The highest BCUT2D eigenvalue weighted by molar-refractivity contribution is 14.1. The van der Waals surface area contributed by atoms with Gasteiger partial charge < -0.3 is 44.5 Å².